The van der Waals surface area contributed by atoms with Gasteiger partial charge in [-0.3, -0.25) is 4.90 Å². The molecule has 1 N–H and O–H groups in total. The van der Waals surface area contributed by atoms with Crippen LogP contribution in [0.5, 0.6) is 0 Å². The summed E-state index contributed by atoms with van der Waals surface area (Å²) >= 11 is 0. The second-order valence-corrected chi connectivity index (χ2v) is 6.65. The van der Waals surface area contributed by atoms with Crippen molar-refractivity contribution in [1.82, 2.24) is 10.2 Å². The van der Waals surface area contributed by atoms with E-state index in [-0.39, 0.29) is 0 Å². The summed E-state index contributed by atoms with van der Waals surface area (Å²) in [5.74, 6) is 0.724. The van der Waals surface area contributed by atoms with Gasteiger partial charge in [-0.15, -0.1) is 0 Å². The fourth-order valence-corrected chi connectivity index (χ4v) is 3.36. The van der Waals surface area contributed by atoms with Crippen LogP contribution in [-0.4, -0.2) is 50.3 Å². The third-order valence-corrected chi connectivity index (χ3v) is 4.29. The van der Waals surface area contributed by atoms with Gasteiger partial charge in [0.15, 0.2) is 0 Å². The zero-order valence-electron chi connectivity index (χ0n) is 14.2. The molecule has 1 fully saturated rings. The van der Waals surface area contributed by atoms with Crippen molar-refractivity contribution in [2.45, 2.75) is 71.4 Å². The normalized spacial score (nSPS) is 24.3. The van der Waals surface area contributed by atoms with Gasteiger partial charge < -0.3 is 10.1 Å². The highest BCUT2D eigenvalue weighted by molar-refractivity contribution is 4.87. The Morgan fingerprint density at radius 3 is 2.60 bits per heavy atom. The first-order chi connectivity index (χ1) is 9.69. The molecular weight excluding hydrogens is 248 g/mol. The molecule has 20 heavy (non-hydrogen) atoms. The second kappa shape index (κ2) is 10.6. The van der Waals surface area contributed by atoms with Gasteiger partial charge in [-0.05, 0) is 31.7 Å². The van der Waals surface area contributed by atoms with Gasteiger partial charge in [0.2, 0.25) is 0 Å². The zero-order valence-corrected chi connectivity index (χ0v) is 14.2. The fourth-order valence-electron chi connectivity index (χ4n) is 3.36. The Morgan fingerprint density at radius 2 is 1.95 bits per heavy atom. The predicted octanol–water partition coefficient (Wildman–Crippen LogP) is 3.29. The van der Waals surface area contributed by atoms with E-state index in [4.69, 9.17) is 4.74 Å². The number of hydrogen-bond acceptors (Lipinski definition) is 3. The maximum absolute atomic E-state index is 5.33. The summed E-state index contributed by atoms with van der Waals surface area (Å²) in [7, 11) is 1.81. The van der Waals surface area contributed by atoms with E-state index in [1.165, 1.54) is 45.1 Å². The number of rotatable bonds is 9. The summed E-state index contributed by atoms with van der Waals surface area (Å²) in [4.78, 5) is 2.69. The number of nitrogens with one attached hydrogen (secondary N) is 1. The van der Waals surface area contributed by atoms with Crippen molar-refractivity contribution in [3.63, 3.8) is 0 Å². The van der Waals surface area contributed by atoms with Crippen LogP contribution in [0.15, 0.2) is 0 Å². The van der Waals surface area contributed by atoms with Crippen LogP contribution in [-0.2, 0) is 4.74 Å². The highest BCUT2D eigenvalue weighted by atomic mass is 16.5. The average Bonchev–Trinajstić information content (AvgIpc) is 2.66. The van der Waals surface area contributed by atoms with E-state index < -0.39 is 0 Å². The van der Waals surface area contributed by atoms with Crippen LogP contribution in [0.2, 0.25) is 0 Å². The Morgan fingerprint density at radius 1 is 1.20 bits per heavy atom. The summed E-state index contributed by atoms with van der Waals surface area (Å²) in [6, 6.07) is 1.37. The van der Waals surface area contributed by atoms with Gasteiger partial charge in [0.1, 0.15) is 0 Å². The molecule has 120 valence electrons. The molecule has 3 nitrogen and oxygen atoms in total. The van der Waals surface area contributed by atoms with E-state index in [2.05, 4.69) is 31.0 Å². The van der Waals surface area contributed by atoms with Crippen molar-refractivity contribution in [2.75, 3.05) is 33.4 Å². The van der Waals surface area contributed by atoms with Crippen LogP contribution in [0.1, 0.15) is 59.3 Å². The Hall–Kier alpha value is -0.120. The quantitative estimate of drug-likeness (QED) is 0.658. The van der Waals surface area contributed by atoms with Gasteiger partial charge >= 0.3 is 0 Å². The topological polar surface area (TPSA) is 24.5 Å². The molecule has 2 unspecified atom stereocenters. The molecule has 0 aliphatic heterocycles. The minimum atomic E-state index is 0.674. The second-order valence-electron chi connectivity index (χ2n) is 6.65. The molecule has 0 saturated heterocycles. The van der Waals surface area contributed by atoms with Crippen LogP contribution >= 0.6 is 0 Å². The monoisotopic (exact) mass is 284 g/mol. The third kappa shape index (κ3) is 6.55. The lowest BCUT2D eigenvalue weighted by atomic mass is 9.99. The molecule has 1 aliphatic rings. The van der Waals surface area contributed by atoms with Gasteiger partial charge in [0.25, 0.3) is 0 Å². The van der Waals surface area contributed by atoms with Crippen molar-refractivity contribution in [3.8, 4) is 0 Å². The Bertz CT molecular complexity index is 233. The van der Waals surface area contributed by atoms with Gasteiger partial charge in [0, 0.05) is 32.3 Å². The highest BCUT2D eigenvalue weighted by Gasteiger charge is 2.28. The Balaban J connectivity index is 2.68. The molecule has 1 saturated carbocycles. The molecule has 0 spiro atoms. The molecular formula is C17H36N2O. The minimum Gasteiger partial charge on any atom is -0.383 e. The standard InChI is InChI=1S/C17H36N2O/c1-5-11-18-16-9-7-6-8-10-17(16)19(12-13-20-4)14-15(2)3/h15-18H,5-14H2,1-4H3. The number of hydrogen-bond donors (Lipinski definition) is 1. The first kappa shape index (κ1) is 17.9. The highest BCUT2D eigenvalue weighted by Crippen LogP contribution is 2.23. The zero-order chi connectivity index (χ0) is 14.8. The van der Waals surface area contributed by atoms with Gasteiger partial charge in [-0.1, -0.05) is 40.0 Å². The van der Waals surface area contributed by atoms with Crippen LogP contribution < -0.4 is 5.32 Å². The van der Waals surface area contributed by atoms with Crippen molar-refractivity contribution >= 4 is 0 Å². The molecule has 0 aromatic heterocycles. The summed E-state index contributed by atoms with van der Waals surface area (Å²) in [6.07, 6.45) is 8.09. The van der Waals surface area contributed by atoms with E-state index in [1.54, 1.807) is 0 Å². The molecule has 2 atom stereocenters. The van der Waals surface area contributed by atoms with Crippen LogP contribution in [0.4, 0.5) is 0 Å². The van der Waals surface area contributed by atoms with E-state index in [0.717, 1.165) is 25.6 Å². The van der Waals surface area contributed by atoms with Gasteiger partial charge in [-0.25, -0.2) is 0 Å². The average molecular weight is 284 g/mol. The maximum Gasteiger partial charge on any atom is 0.0589 e. The van der Waals surface area contributed by atoms with Crippen molar-refractivity contribution < 1.29 is 4.74 Å². The summed E-state index contributed by atoms with van der Waals surface area (Å²) in [6.45, 7) is 11.2. The van der Waals surface area contributed by atoms with Crippen molar-refractivity contribution in [2.24, 2.45) is 5.92 Å². The number of nitrogens with zero attached hydrogens (tertiary/aromatic N) is 1. The number of methoxy groups -OCH3 is 1. The van der Waals surface area contributed by atoms with E-state index in [1.807, 2.05) is 7.11 Å². The summed E-state index contributed by atoms with van der Waals surface area (Å²) in [5.41, 5.74) is 0. The molecule has 3 heteroatoms. The molecule has 0 radical (unpaired) electrons. The number of ether oxygens (including phenoxy) is 1. The molecule has 0 bridgehead atoms. The van der Waals surface area contributed by atoms with Crippen LogP contribution in [0, 0.1) is 5.92 Å². The molecule has 0 heterocycles. The molecule has 0 aromatic carbocycles. The predicted molar refractivity (Wildman–Crippen MR) is 87.2 cm³/mol. The Labute approximate surface area is 126 Å². The maximum atomic E-state index is 5.33. The largest absolute Gasteiger partial charge is 0.383 e. The molecule has 0 aromatic rings. The SMILES string of the molecule is CCCNC1CCCCCC1N(CCOC)CC(C)C. The third-order valence-electron chi connectivity index (χ3n) is 4.29. The van der Waals surface area contributed by atoms with E-state index >= 15 is 0 Å². The first-order valence-electron chi connectivity index (χ1n) is 8.65. The summed E-state index contributed by atoms with van der Waals surface area (Å²) < 4.78 is 5.33. The molecule has 1 rings (SSSR count). The van der Waals surface area contributed by atoms with E-state index in [9.17, 15) is 0 Å². The summed E-state index contributed by atoms with van der Waals surface area (Å²) in [5, 5.41) is 3.81. The van der Waals surface area contributed by atoms with Crippen LogP contribution in [0.3, 0.4) is 0 Å². The van der Waals surface area contributed by atoms with Gasteiger partial charge in [-0.2, -0.15) is 0 Å². The lowest BCUT2D eigenvalue weighted by molar-refractivity contribution is 0.0883. The van der Waals surface area contributed by atoms with Crippen molar-refractivity contribution in [3.05, 3.63) is 0 Å². The minimum absolute atomic E-state index is 0.674. The van der Waals surface area contributed by atoms with E-state index in [0.29, 0.717) is 12.1 Å². The fraction of sp³-hybridized carbons (Fsp3) is 1.00. The lowest BCUT2D eigenvalue weighted by Crippen LogP contribution is -2.51. The first-order valence-corrected chi connectivity index (χ1v) is 8.65. The smallest absolute Gasteiger partial charge is 0.0589 e. The van der Waals surface area contributed by atoms with Gasteiger partial charge in [0.05, 0.1) is 6.61 Å². The lowest BCUT2D eigenvalue weighted by Gasteiger charge is -2.37. The molecule has 0 amide bonds. The van der Waals surface area contributed by atoms with Crippen LogP contribution in [0.25, 0.3) is 0 Å². The Kier molecular flexibility index (Phi) is 9.49. The van der Waals surface area contributed by atoms with Crippen molar-refractivity contribution in [1.29, 1.82) is 0 Å². The molecule has 1 aliphatic carbocycles.